The van der Waals surface area contributed by atoms with E-state index in [1.165, 1.54) is 0 Å². The molecule has 0 spiro atoms. The lowest BCUT2D eigenvalue weighted by Gasteiger charge is -2.24. The number of nitrogens with zero attached hydrogens (tertiary/aromatic N) is 3. The van der Waals surface area contributed by atoms with Crippen LogP contribution in [0.1, 0.15) is 5.56 Å². The van der Waals surface area contributed by atoms with E-state index in [9.17, 15) is 0 Å². The summed E-state index contributed by atoms with van der Waals surface area (Å²) >= 11 is 13.9. The van der Waals surface area contributed by atoms with E-state index in [4.69, 9.17) is 23.2 Å². The van der Waals surface area contributed by atoms with Crippen molar-refractivity contribution in [2.75, 3.05) is 17.2 Å². The van der Waals surface area contributed by atoms with Gasteiger partial charge in [0.1, 0.15) is 0 Å². The fourth-order valence-corrected chi connectivity index (χ4v) is 3.25. The molecule has 0 unspecified atom stereocenters. The normalized spacial score (nSPS) is 14.1. The van der Waals surface area contributed by atoms with E-state index in [0.29, 0.717) is 16.6 Å². The van der Waals surface area contributed by atoms with Crippen molar-refractivity contribution in [3.05, 3.63) is 58.3 Å². The third kappa shape index (κ3) is 3.51. The number of pyridine rings is 1. The van der Waals surface area contributed by atoms with Gasteiger partial charge in [-0.15, -0.1) is 0 Å². The number of thioether (sulfide) groups is 1. The molecule has 0 saturated heterocycles. The Morgan fingerprint density at radius 1 is 1.19 bits per heavy atom. The van der Waals surface area contributed by atoms with Crippen molar-refractivity contribution in [1.29, 1.82) is 0 Å². The summed E-state index contributed by atoms with van der Waals surface area (Å²) in [6.07, 6.45) is 3.64. The predicted octanol–water partition coefficient (Wildman–Crippen LogP) is 4.50. The summed E-state index contributed by atoms with van der Waals surface area (Å²) in [5.74, 6) is 1.01. The van der Waals surface area contributed by atoms with Gasteiger partial charge in [-0.1, -0.05) is 41.0 Å². The van der Waals surface area contributed by atoms with Gasteiger partial charge in [-0.05, 0) is 29.8 Å². The maximum atomic E-state index is 6.15. The topological polar surface area (TPSA) is 28.5 Å². The number of halogens is 2. The van der Waals surface area contributed by atoms with Gasteiger partial charge in [-0.25, -0.2) is 0 Å². The van der Waals surface area contributed by atoms with Crippen molar-refractivity contribution in [2.24, 2.45) is 4.99 Å². The fraction of sp³-hybridized carbons (Fsp3) is 0.200. The van der Waals surface area contributed by atoms with E-state index in [-0.39, 0.29) is 0 Å². The molecule has 0 N–H and O–H groups in total. The van der Waals surface area contributed by atoms with Gasteiger partial charge in [-0.3, -0.25) is 9.98 Å². The van der Waals surface area contributed by atoms with Gasteiger partial charge in [-0.2, -0.15) is 0 Å². The number of anilines is 1. The maximum absolute atomic E-state index is 6.15. The van der Waals surface area contributed by atoms with Crippen LogP contribution in [0.5, 0.6) is 0 Å². The molecule has 0 fully saturated rings. The Kier molecular flexibility index (Phi) is 4.68. The Bertz CT molecular complexity index is 661. The van der Waals surface area contributed by atoms with Gasteiger partial charge in [0.2, 0.25) is 0 Å². The molecular weight excluding hydrogens is 325 g/mol. The number of hydrogen-bond donors (Lipinski definition) is 0. The lowest BCUT2D eigenvalue weighted by atomic mass is 10.2. The average Bonchev–Trinajstić information content (AvgIpc) is 3.03. The molecular formula is C15H13Cl2N3S. The second-order valence-corrected chi connectivity index (χ2v) is 6.44. The molecule has 108 valence electrons. The molecule has 0 aliphatic carbocycles. The van der Waals surface area contributed by atoms with Crippen LogP contribution in [0.3, 0.4) is 0 Å². The van der Waals surface area contributed by atoms with E-state index < -0.39 is 0 Å². The summed E-state index contributed by atoms with van der Waals surface area (Å²) in [5.41, 5.74) is 2.11. The molecule has 0 atom stereocenters. The van der Waals surface area contributed by atoms with Crippen molar-refractivity contribution in [1.82, 2.24) is 4.98 Å². The first-order chi connectivity index (χ1) is 10.2. The van der Waals surface area contributed by atoms with Crippen molar-refractivity contribution in [3.8, 4) is 0 Å². The van der Waals surface area contributed by atoms with Gasteiger partial charge in [0.05, 0.1) is 23.1 Å². The first-order valence-corrected chi connectivity index (χ1v) is 8.27. The minimum absolute atomic E-state index is 0.550. The highest BCUT2D eigenvalue weighted by Crippen LogP contribution is 2.30. The molecule has 3 nitrogen and oxygen atoms in total. The summed E-state index contributed by atoms with van der Waals surface area (Å²) < 4.78 is 0. The molecule has 1 aromatic heterocycles. The van der Waals surface area contributed by atoms with Crippen LogP contribution in [0.4, 0.5) is 5.69 Å². The highest BCUT2D eigenvalue weighted by Gasteiger charge is 2.19. The molecule has 1 aromatic carbocycles. The van der Waals surface area contributed by atoms with Crippen LogP contribution in [0.25, 0.3) is 0 Å². The van der Waals surface area contributed by atoms with Crippen molar-refractivity contribution in [3.63, 3.8) is 0 Å². The smallest absolute Gasteiger partial charge is 0.164 e. The zero-order valence-electron chi connectivity index (χ0n) is 11.2. The second kappa shape index (κ2) is 6.69. The number of hydrogen-bond acceptors (Lipinski definition) is 4. The van der Waals surface area contributed by atoms with Crippen molar-refractivity contribution < 1.29 is 0 Å². The molecule has 0 amide bonds. The van der Waals surface area contributed by atoms with Gasteiger partial charge >= 0.3 is 0 Å². The minimum atomic E-state index is 0.550. The summed E-state index contributed by atoms with van der Waals surface area (Å²) in [6, 6.07) is 9.65. The average molecular weight is 338 g/mol. The summed E-state index contributed by atoms with van der Waals surface area (Å²) in [7, 11) is 0. The summed E-state index contributed by atoms with van der Waals surface area (Å²) in [6.45, 7) is 1.56. The number of aromatic nitrogens is 1. The number of amidine groups is 1. The van der Waals surface area contributed by atoms with Crippen LogP contribution >= 0.6 is 35.0 Å². The SMILES string of the molecule is Clc1ccc(N(Cc2cccnc2)C2=NCCS2)cc1Cl. The molecule has 1 aliphatic heterocycles. The van der Waals surface area contributed by atoms with E-state index in [2.05, 4.69) is 20.9 Å². The zero-order valence-corrected chi connectivity index (χ0v) is 13.5. The van der Waals surface area contributed by atoms with E-state index in [1.807, 2.05) is 30.5 Å². The first kappa shape index (κ1) is 14.7. The maximum Gasteiger partial charge on any atom is 0.164 e. The minimum Gasteiger partial charge on any atom is -0.317 e. The summed E-state index contributed by atoms with van der Waals surface area (Å²) in [5, 5.41) is 2.12. The van der Waals surface area contributed by atoms with Gasteiger partial charge in [0, 0.05) is 23.8 Å². The van der Waals surface area contributed by atoms with Crippen LogP contribution < -0.4 is 4.90 Å². The second-order valence-electron chi connectivity index (χ2n) is 4.56. The van der Waals surface area contributed by atoms with E-state index in [1.54, 1.807) is 18.0 Å². The molecule has 2 heterocycles. The molecule has 0 radical (unpaired) electrons. The molecule has 1 aliphatic rings. The van der Waals surface area contributed by atoms with Gasteiger partial charge in [0.15, 0.2) is 5.17 Å². The lowest BCUT2D eigenvalue weighted by Crippen LogP contribution is -2.27. The fourth-order valence-electron chi connectivity index (χ4n) is 2.08. The highest BCUT2D eigenvalue weighted by atomic mass is 35.5. The Balaban J connectivity index is 1.93. The quantitative estimate of drug-likeness (QED) is 0.825. The Morgan fingerprint density at radius 2 is 2.10 bits per heavy atom. The van der Waals surface area contributed by atoms with Crippen molar-refractivity contribution >= 4 is 45.8 Å². The van der Waals surface area contributed by atoms with Crippen LogP contribution in [0.2, 0.25) is 10.0 Å². The Morgan fingerprint density at radius 3 is 2.76 bits per heavy atom. The Labute approximate surface area is 138 Å². The number of benzene rings is 1. The molecule has 0 saturated carbocycles. The molecule has 3 rings (SSSR count). The van der Waals surface area contributed by atoms with Gasteiger partial charge in [0.25, 0.3) is 0 Å². The number of rotatable bonds is 3. The standard InChI is InChI=1S/C15H13Cl2N3S/c16-13-4-3-12(8-14(13)17)20(15-19-6-7-21-15)10-11-2-1-5-18-9-11/h1-5,8-9H,6-7,10H2. The van der Waals surface area contributed by atoms with Crippen LogP contribution in [-0.4, -0.2) is 22.4 Å². The highest BCUT2D eigenvalue weighted by molar-refractivity contribution is 8.14. The molecule has 21 heavy (non-hydrogen) atoms. The van der Waals surface area contributed by atoms with Crippen LogP contribution in [0.15, 0.2) is 47.7 Å². The zero-order chi connectivity index (χ0) is 14.7. The number of aliphatic imine (C=N–C) groups is 1. The largest absolute Gasteiger partial charge is 0.317 e. The summed E-state index contributed by atoms with van der Waals surface area (Å²) in [4.78, 5) is 10.9. The van der Waals surface area contributed by atoms with Crippen LogP contribution in [0, 0.1) is 0 Å². The van der Waals surface area contributed by atoms with Gasteiger partial charge < -0.3 is 4.90 Å². The third-order valence-corrected chi connectivity index (χ3v) is 4.81. The van der Waals surface area contributed by atoms with E-state index >= 15 is 0 Å². The van der Waals surface area contributed by atoms with Crippen LogP contribution in [-0.2, 0) is 6.54 Å². The lowest BCUT2D eigenvalue weighted by molar-refractivity contribution is 0.994. The molecule has 0 bridgehead atoms. The monoisotopic (exact) mass is 337 g/mol. The predicted molar refractivity (Wildman–Crippen MR) is 91.6 cm³/mol. The third-order valence-electron chi connectivity index (χ3n) is 3.08. The van der Waals surface area contributed by atoms with E-state index in [0.717, 1.165) is 28.7 Å². The Hall–Kier alpha value is -1.23. The molecule has 6 heteroatoms. The molecule has 2 aromatic rings. The van der Waals surface area contributed by atoms with Crippen molar-refractivity contribution in [2.45, 2.75) is 6.54 Å². The first-order valence-electron chi connectivity index (χ1n) is 6.53.